The molecule has 3 heterocycles. The molecular weight excluding hydrogens is 268 g/mol. The summed E-state index contributed by atoms with van der Waals surface area (Å²) in [4.78, 5) is 6.75. The van der Waals surface area contributed by atoms with Crippen LogP contribution in [-0.2, 0) is 17.7 Å². The highest BCUT2D eigenvalue weighted by Gasteiger charge is 2.35. The quantitative estimate of drug-likeness (QED) is 0.866. The Morgan fingerprint density at radius 1 is 1.48 bits per heavy atom. The molecular formula is C15H26N4O2. The minimum atomic E-state index is -0.512. The summed E-state index contributed by atoms with van der Waals surface area (Å²) < 4.78 is 7.77. The molecule has 6 nitrogen and oxygen atoms in total. The number of aliphatic hydroxyl groups excluding tert-OH is 1. The lowest BCUT2D eigenvalue weighted by atomic mass is 10.1. The van der Waals surface area contributed by atoms with Crippen LogP contribution in [0, 0.1) is 5.92 Å². The van der Waals surface area contributed by atoms with E-state index in [1.165, 1.54) is 12.8 Å². The largest absolute Gasteiger partial charge is 0.390 e. The second-order valence-corrected chi connectivity index (χ2v) is 6.69. The Kier molecular flexibility index (Phi) is 4.57. The second-order valence-electron chi connectivity index (χ2n) is 6.69. The smallest absolute Gasteiger partial charge is 0.138 e. The normalized spacial score (nSPS) is 28.0. The molecule has 118 valence electrons. The van der Waals surface area contributed by atoms with Gasteiger partial charge in [0.1, 0.15) is 12.2 Å². The lowest BCUT2D eigenvalue weighted by Crippen LogP contribution is -2.51. The topological polar surface area (TPSA) is 63.4 Å². The number of rotatable bonds is 5. The van der Waals surface area contributed by atoms with Crippen molar-refractivity contribution in [3.63, 3.8) is 0 Å². The van der Waals surface area contributed by atoms with E-state index in [9.17, 15) is 5.11 Å². The molecule has 2 aliphatic heterocycles. The molecule has 2 fully saturated rings. The van der Waals surface area contributed by atoms with Gasteiger partial charge in [-0.3, -0.25) is 4.90 Å². The van der Waals surface area contributed by atoms with Crippen LogP contribution in [0.5, 0.6) is 0 Å². The van der Waals surface area contributed by atoms with Crippen LogP contribution in [0.2, 0.25) is 0 Å². The molecule has 6 heteroatoms. The molecule has 0 radical (unpaired) electrons. The van der Waals surface area contributed by atoms with E-state index in [2.05, 4.69) is 28.8 Å². The third kappa shape index (κ3) is 3.44. The molecule has 3 unspecified atom stereocenters. The number of hydrogen-bond acceptors (Lipinski definition) is 5. The third-order valence-corrected chi connectivity index (χ3v) is 4.47. The molecule has 1 aromatic heterocycles. The summed E-state index contributed by atoms with van der Waals surface area (Å²) in [6, 6.07) is 0.568. The molecule has 2 saturated heterocycles. The van der Waals surface area contributed by atoms with Gasteiger partial charge in [0.25, 0.3) is 0 Å². The number of aromatic nitrogens is 3. The van der Waals surface area contributed by atoms with Crippen LogP contribution in [0.3, 0.4) is 0 Å². The van der Waals surface area contributed by atoms with Gasteiger partial charge < -0.3 is 9.84 Å². The van der Waals surface area contributed by atoms with Crippen molar-refractivity contribution in [1.82, 2.24) is 19.7 Å². The van der Waals surface area contributed by atoms with Gasteiger partial charge in [-0.2, -0.15) is 5.10 Å². The molecule has 2 aliphatic rings. The lowest BCUT2D eigenvalue weighted by molar-refractivity contribution is -0.102. The Morgan fingerprint density at radius 2 is 2.33 bits per heavy atom. The number of fused-ring (bicyclic) bond motifs is 1. The Labute approximate surface area is 126 Å². The summed E-state index contributed by atoms with van der Waals surface area (Å²) in [6.07, 6.45) is 3.94. The summed E-state index contributed by atoms with van der Waals surface area (Å²) in [5, 5.41) is 14.7. The second kappa shape index (κ2) is 6.42. The Bertz CT molecular complexity index is 462. The van der Waals surface area contributed by atoms with Crippen molar-refractivity contribution in [3.05, 3.63) is 12.2 Å². The minimum Gasteiger partial charge on any atom is -0.390 e. The highest BCUT2D eigenvalue weighted by atomic mass is 16.5. The third-order valence-electron chi connectivity index (χ3n) is 4.47. The highest BCUT2D eigenvalue weighted by Crippen LogP contribution is 2.24. The average Bonchev–Trinajstić information content (AvgIpc) is 3.06. The summed E-state index contributed by atoms with van der Waals surface area (Å²) in [7, 11) is 0. The van der Waals surface area contributed by atoms with E-state index in [0.717, 1.165) is 32.1 Å². The molecule has 0 amide bonds. The first-order valence-corrected chi connectivity index (χ1v) is 8.04. The van der Waals surface area contributed by atoms with Gasteiger partial charge in [-0.1, -0.05) is 13.8 Å². The lowest BCUT2D eigenvalue weighted by Gasteiger charge is -2.37. The molecule has 0 aromatic carbocycles. The van der Waals surface area contributed by atoms with Crippen molar-refractivity contribution in [2.24, 2.45) is 5.92 Å². The van der Waals surface area contributed by atoms with Crippen LogP contribution >= 0.6 is 0 Å². The van der Waals surface area contributed by atoms with Crippen molar-refractivity contribution in [2.75, 3.05) is 19.7 Å². The van der Waals surface area contributed by atoms with Gasteiger partial charge in [0.05, 0.1) is 18.8 Å². The zero-order valence-electron chi connectivity index (χ0n) is 13.0. The first-order chi connectivity index (χ1) is 10.1. The predicted octanol–water partition coefficient (Wildman–Crippen LogP) is 0.701. The number of nitrogens with zero attached hydrogens (tertiary/aromatic N) is 4. The number of aliphatic hydroxyl groups is 1. The monoisotopic (exact) mass is 294 g/mol. The fraction of sp³-hybridized carbons (Fsp3) is 0.867. The van der Waals surface area contributed by atoms with Gasteiger partial charge in [0.2, 0.25) is 0 Å². The number of morpholine rings is 1. The van der Waals surface area contributed by atoms with Gasteiger partial charge in [-0.15, -0.1) is 0 Å². The fourth-order valence-electron chi connectivity index (χ4n) is 3.34. The molecule has 21 heavy (non-hydrogen) atoms. The Hall–Kier alpha value is -0.980. The first-order valence-electron chi connectivity index (χ1n) is 8.04. The fourth-order valence-corrected chi connectivity index (χ4v) is 3.34. The van der Waals surface area contributed by atoms with E-state index in [0.29, 0.717) is 18.4 Å². The molecule has 0 aliphatic carbocycles. The van der Waals surface area contributed by atoms with E-state index >= 15 is 0 Å². The van der Waals surface area contributed by atoms with Gasteiger partial charge >= 0.3 is 0 Å². The van der Waals surface area contributed by atoms with Crippen molar-refractivity contribution in [3.8, 4) is 0 Å². The number of hydrogen-bond donors (Lipinski definition) is 1. The zero-order valence-corrected chi connectivity index (χ0v) is 13.0. The van der Waals surface area contributed by atoms with E-state index in [-0.39, 0.29) is 6.10 Å². The molecule has 0 spiro atoms. The highest BCUT2D eigenvalue weighted by molar-refractivity contribution is 4.94. The van der Waals surface area contributed by atoms with Crippen LogP contribution in [0.25, 0.3) is 0 Å². The summed E-state index contributed by atoms with van der Waals surface area (Å²) >= 11 is 0. The molecule has 1 N–H and O–H groups in total. The predicted molar refractivity (Wildman–Crippen MR) is 78.9 cm³/mol. The standard InChI is InChI=1S/C15H26N4O2/c1-11(2)7-19-15(16-10-17-19)6-13(20)14-8-18-5-3-4-12(18)9-21-14/h10-14,20H,3-9H2,1-2H3. The van der Waals surface area contributed by atoms with E-state index in [4.69, 9.17) is 4.74 Å². The Morgan fingerprint density at radius 3 is 3.14 bits per heavy atom. The van der Waals surface area contributed by atoms with Crippen molar-refractivity contribution >= 4 is 0 Å². The summed E-state index contributed by atoms with van der Waals surface area (Å²) in [6.45, 7) is 7.87. The van der Waals surface area contributed by atoms with Crippen LogP contribution in [0.15, 0.2) is 6.33 Å². The van der Waals surface area contributed by atoms with Crippen molar-refractivity contribution in [1.29, 1.82) is 0 Å². The molecule has 3 rings (SSSR count). The van der Waals surface area contributed by atoms with Crippen molar-refractivity contribution in [2.45, 2.75) is 57.9 Å². The maximum absolute atomic E-state index is 10.5. The number of ether oxygens (including phenoxy) is 1. The van der Waals surface area contributed by atoms with Gasteiger partial charge in [0.15, 0.2) is 0 Å². The summed E-state index contributed by atoms with van der Waals surface area (Å²) in [5.74, 6) is 1.36. The van der Waals surface area contributed by atoms with E-state index in [1.807, 2.05) is 4.68 Å². The first kappa shape index (κ1) is 14.9. The maximum atomic E-state index is 10.5. The molecule has 0 bridgehead atoms. The van der Waals surface area contributed by atoms with Crippen LogP contribution in [-0.4, -0.2) is 62.7 Å². The van der Waals surface area contributed by atoms with E-state index < -0.39 is 6.10 Å². The van der Waals surface area contributed by atoms with E-state index in [1.54, 1.807) is 6.33 Å². The minimum absolute atomic E-state index is 0.108. The van der Waals surface area contributed by atoms with Crippen LogP contribution < -0.4 is 0 Å². The molecule has 0 saturated carbocycles. The van der Waals surface area contributed by atoms with Crippen LogP contribution in [0.1, 0.15) is 32.5 Å². The average molecular weight is 294 g/mol. The maximum Gasteiger partial charge on any atom is 0.138 e. The Balaban J connectivity index is 1.58. The zero-order chi connectivity index (χ0) is 14.8. The van der Waals surface area contributed by atoms with Crippen LogP contribution in [0.4, 0.5) is 0 Å². The SMILES string of the molecule is CC(C)Cn1ncnc1CC(O)C1CN2CCCC2CO1. The van der Waals surface area contributed by atoms with Gasteiger partial charge in [-0.05, 0) is 25.3 Å². The van der Waals surface area contributed by atoms with Gasteiger partial charge in [-0.25, -0.2) is 9.67 Å². The van der Waals surface area contributed by atoms with Gasteiger partial charge in [0, 0.05) is 25.6 Å². The summed E-state index contributed by atoms with van der Waals surface area (Å²) in [5.41, 5.74) is 0. The molecule has 1 aromatic rings. The molecule has 3 atom stereocenters. The van der Waals surface area contributed by atoms with Crippen molar-refractivity contribution < 1.29 is 9.84 Å².